The van der Waals surface area contributed by atoms with E-state index in [0.29, 0.717) is 0 Å². The van der Waals surface area contributed by atoms with Crippen molar-refractivity contribution >= 4 is 0 Å². The van der Waals surface area contributed by atoms with Crippen LogP contribution in [0.25, 0.3) is 0 Å². The molecule has 0 spiro atoms. The van der Waals surface area contributed by atoms with E-state index in [1.807, 2.05) is 0 Å². The van der Waals surface area contributed by atoms with E-state index >= 15 is 0 Å². The zero-order valence-electron chi connectivity index (χ0n) is 5.26. The van der Waals surface area contributed by atoms with Gasteiger partial charge in [0.15, 0.2) is 0 Å². The number of nitrogens with two attached hydrogens (primary N) is 1. The summed E-state index contributed by atoms with van der Waals surface area (Å²) in [6, 6.07) is 0. The van der Waals surface area contributed by atoms with E-state index in [4.69, 9.17) is 10.8 Å². The molecule has 0 heterocycles. The second-order valence-electron chi connectivity index (χ2n) is 2.58. The van der Waals surface area contributed by atoms with Crippen molar-refractivity contribution in [1.82, 2.24) is 0 Å². The van der Waals surface area contributed by atoms with Gasteiger partial charge in [-0.25, -0.2) is 4.39 Å². The van der Waals surface area contributed by atoms with Crippen LogP contribution in [0.3, 0.4) is 0 Å². The van der Waals surface area contributed by atoms with E-state index in [1.54, 1.807) is 0 Å². The fourth-order valence-corrected chi connectivity index (χ4v) is 0.872. The maximum absolute atomic E-state index is 12.4. The van der Waals surface area contributed by atoms with Crippen LogP contribution in [0.15, 0.2) is 0 Å². The molecule has 9 heavy (non-hydrogen) atoms. The second kappa shape index (κ2) is 2.62. The molecule has 0 bridgehead atoms. The Hall–Kier alpha value is -0.150. The van der Waals surface area contributed by atoms with Crippen LogP contribution >= 0.6 is 0 Å². The molecular weight excluding hydrogens is 121 g/mol. The Kier molecular flexibility index (Phi) is 2.03. The molecule has 3 heteroatoms. The van der Waals surface area contributed by atoms with Gasteiger partial charge in [0.05, 0.1) is 6.10 Å². The molecule has 1 fully saturated rings. The number of alkyl halides is 1. The predicted molar refractivity (Wildman–Crippen MR) is 32.7 cm³/mol. The van der Waals surface area contributed by atoms with Gasteiger partial charge in [0.25, 0.3) is 0 Å². The lowest BCUT2D eigenvalue weighted by molar-refractivity contribution is 0.0644. The Balaban J connectivity index is 2.22. The van der Waals surface area contributed by atoms with Crippen LogP contribution in [0, 0.1) is 5.92 Å². The molecule has 2 nitrogen and oxygen atoms in total. The third-order valence-electron chi connectivity index (χ3n) is 1.70. The molecule has 0 unspecified atom stereocenters. The molecular formula is C6H12FNO. The summed E-state index contributed by atoms with van der Waals surface area (Å²) in [6.07, 6.45) is -0.0871. The highest BCUT2D eigenvalue weighted by atomic mass is 19.1. The SMILES string of the molecule is NC[C@@H](F)[C@@H](O)C1CC1. The Bertz CT molecular complexity index is 95.1. The first-order valence-electron chi connectivity index (χ1n) is 3.28. The predicted octanol–water partition coefficient (Wildman–Crippen LogP) is 0.0541. The minimum Gasteiger partial charge on any atom is -0.390 e. The van der Waals surface area contributed by atoms with Gasteiger partial charge >= 0.3 is 0 Å². The molecule has 1 rings (SSSR count). The molecule has 0 aromatic carbocycles. The maximum Gasteiger partial charge on any atom is 0.138 e. The van der Waals surface area contributed by atoms with Gasteiger partial charge in [0.2, 0.25) is 0 Å². The van der Waals surface area contributed by atoms with Crippen molar-refractivity contribution in [2.45, 2.75) is 25.1 Å². The highest BCUT2D eigenvalue weighted by molar-refractivity contribution is 4.85. The quantitative estimate of drug-likeness (QED) is 0.571. The van der Waals surface area contributed by atoms with Crippen molar-refractivity contribution in [2.24, 2.45) is 11.7 Å². The zero-order chi connectivity index (χ0) is 6.85. The number of halogens is 1. The topological polar surface area (TPSA) is 46.2 Å². The first kappa shape index (κ1) is 6.96. The molecule has 1 aliphatic rings. The standard InChI is InChI=1S/C6H12FNO/c7-5(3-8)6(9)4-1-2-4/h4-6,9H,1-3,8H2/t5-,6+/m1/s1. The molecule has 0 amide bonds. The summed E-state index contributed by atoms with van der Waals surface area (Å²) in [6.45, 7) is -0.0579. The van der Waals surface area contributed by atoms with E-state index in [9.17, 15) is 4.39 Å². The van der Waals surface area contributed by atoms with Crippen LogP contribution in [0.5, 0.6) is 0 Å². The van der Waals surface area contributed by atoms with Crippen molar-refractivity contribution in [3.8, 4) is 0 Å². The van der Waals surface area contributed by atoms with Crippen molar-refractivity contribution in [3.05, 3.63) is 0 Å². The average molecular weight is 133 g/mol. The molecule has 0 radical (unpaired) electrons. The number of rotatable bonds is 3. The summed E-state index contributed by atoms with van der Waals surface area (Å²) in [7, 11) is 0. The summed E-state index contributed by atoms with van der Waals surface area (Å²) in [5.41, 5.74) is 5.00. The van der Waals surface area contributed by atoms with Gasteiger partial charge in [0.1, 0.15) is 6.17 Å². The van der Waals surface area contributed by atoms with Crippen LogP contribution in [-0.4, -0.2) is 23.9 Å². The highest BCUT2D eigenvalue weighted by Gasteiger charge is 2.34. The lowest BCUT2D eigenvalue weighted by Gasteiger charge is -2.11. The van der Waals surface area contributed by atoms with E-state index < -0.39 is 12.3 Å². The fourth-order valence-electron chi connectivity index (χ4n) is 0.872. The molecule has 0 saturated heterocycles. The van der Waals surface area contributed by atoms with E-state index in [1.165, 1.54) is 0 Å². The van der Waals surface area contributed by atoms with E-state index in [-0.39, 0.29) is 12.5 Å². The minimum atomic E-state index is -1.21. The van der Waals surface area contributed by atoms with Crippen molar-refractivity contribution in [2.75, 3.05) is 6.54 Å². The van der Waals surface area contributed by atoms with Crippen LogP contribution in [0.2, 0.25) is 0 Å². The summed E-state index contributed by atoms with van der Waals surface area (Å²) >= 11 is 0. The number of aliphatic hydroxyl groups is 1. The van der Waals surface area contributed by atoms with Gasteiger partial charge < -0.3 is 10.8 Å². The first-order chi connectivity index (χ1) is 4.25. The molecule has 0 aromatic rings. The molecule has 0 aliphatic heterocycles. The minimum absolute atomic E-state index is 0.0579. The van der Waals surface area contributed by atoms with Crippen molar-refractivity contribution in [1.29, 1.82) is 0 Å². The van der Waals surface area contributed by atoms with Gasteiger partial charge in [-0.15, -0.1) is 0 Å². The van der Waals surface area contributed by atoms with Gasteiger partial charge in [-0.3, -0.25) is 0 Å². The Morgan fingerprint density at radius 1 is 1.67 bits per heavy atom. The largest absolute Gasteiger partial charge is 0.390 e. The van der Waals surface area contributed by atoms with Crippen LogP contribution in [0.1, 0.15) is 12.8 Å². The first-order valence-corrected chi connectivity index (χ1v) is 3.28. The van der Waals surface area contributed by atoms with Crippen molar-refractivity contribution in [3.63, 3.8) is 0 Å². The molecule has 3 N–H and O–H groups in total. The molecule has 1 aliphatic carbocycles. The Labute approximate surface area is 53.9 Å². The number of hydrogen-bond acceptors (Lipinski definition) is 2. The smallest absolute Gasteiger partial charge is 0.138 e. The lowest BCUT2D eigenvalue weighted by Crippen LogP contribution is -2.30. The van der Waals surface area contributed by atoms with E-state index in [0.717, 1.165) is 12.8 Å². The number of hydrogen-bond donors (Lipinski definition) is 2. The summed E-state index contributed by atoms with van der Waals surface area (Å²) in [4.78, 5) is 0. The Morgan fingerprint density at radius 3 is 2.56 bits per heavy atom. The van der Waals surface area contributed by atoms with Crippen LogP contribution in [-0.2, 0) is 0 Å². The maximum atomic E-state index is 12.4. The molecule has 0 aromatic heterocycles. The summed E-state index contributed by atoms with van der Waals surface area (Å²) < 4.78 is 12.4. The molecule has 1 saturated carbocycles. The lowest BCUT2D eigenvalue weighted by atomic mass is 10.1. The fraction of sp³-hybridized carbons (Fsp3) is 1.00. The van der Waals surface area contributed by atoms with E-state index in [2.05, 4.69) is 0 Å². The Morgan fingerprint density at radius 2 is 2.22 bits per heavy atom. The number of aliphatic hydroxyl groups excluding tert-OH is 1. The van der Waals surface area contributed by atoms with Gasteiger partial charge in [-0.2, -0.15) is 0 Å². The third kappa shape index (κ3) is 1.63. The molecule has 2 atom stereocenters. The third-order valence-corrected chi connectivity index (χ3v) is 1.70. The van der Waals surface area contributed by atoms with Crippen LogP contribution < -0.4 is 5.73 Å². The van der Waals surface area contributed by atoms with Crippen molar-refractivity contribution < 1.29 is 9.50 Å². The zero-order valence-corrected chi connectivity index (χ0v) is 5.26. The normalized spacial score (nSPS) is 25.7. The van der Waals surface area contributed by atoms with Crippen LogP contribution in [0.4, 0.5) is 4.39 Å². The second-order valence-corrected chi connectivity index (χ2v) is 2.58. The monoisotopic (exact) mass is 133 g/mol. The van der Waals surface area contributed by atoms with Gasteiger partial charge in [0, 0.05) is 6.54 Å². The summed E-state index contributed by atoms with van der Waals surface area (Å²) in [5, 5.41) is 9.00. The highest BCUT2D eigenvalue weighted by Crippen LogP contribution is 2.34. The molecule has 54 valence electrons. The van der Waals surface area contributed by atoms with Gasteiger partial charge in [-0.05, 0) is 18.8 Å². The summed E-state index contributed by atoms with van der Waals surface area (Å²) in [5.74, 6) is 0.198. The average Bonchev–Trinajstić information content (AvgIpc) is 2.66. The van der Waals surface area contributed by atoms with Gasteiger partial charge in [-0.1, -0.05) is 0 Å².